The van der Waals surface area contributed by atoms with Crippen LogP contribution in [0, 0.1) is 5.92 Å². The van der Waals surface area contributed by atoms with Gasteiger partial charge in [0, 0.05) is 23.7 Å². The highest BCUT2D eigenvalue weighted by Gasteiger charge is 2.36. The van der Waals surface area contributed by atoms with Crippen LogP contribution in [-0.2, 0) is 16.0 Å². The fraction of sp³-hybridized carbons (Fsp3) is 0.263. The maximum Gasteiger partial charge on any atom is 0.229 e. The van der Waals surface area contributed by atoms with Crippen molar-refractivity contribution in [3.05, 3.63) is 58.1 Å². The van der Waals surface area contributed by atoms with Gasteiger partial charge < -0.3 is 10.2 Å². The number of rotatable bonds is 4. The van der Waals surface area contributed by atoms with Crippen molar-refractivity contribution in [1.29, 1.82) is 0 Å². The fourth-order valence-electron chi connectivity index (χ4n) is 2.88. The number of nitrogens with one attached hydrogen (secondary N) is 1. The van der Waals surface area contributed by atoms with E-state index in [1.165, 1.54) is 10.5 Å². The molecule has 0 aliphatic carbocycles. The van der Waals surface area contributed by atoms with Gasteiger partial charge in [0.15, 0.2) is 0 Å². The summed E-state index contributed by atoms with van der Waals surface area (Å²) >= 11 is 12.2. The summed E-state index contributed by atoms with van der Waals surface area (Å²) < 4.78 is 0. The van der Waals surface area contributed by atoms with Gasteiger partial charge >= 0.3 is 0 Å². The SMILES string of the molecule is CCc1ccc(NC(=O)C2CC(=O)N(c3cc(Cl)ccc3Cl)C2)cc1. The highest BCUT2D eigenvalue weighted by Crippen LogP contribution is 2.33. The molecule has 0 radical (unpaired) electrons. The normalized spacial score (nSPS) is 17.0. The number of halogens is 2. The Morgan fingerprint density at radius 3 is 2.60 bits per heavy atom. The van der Waals surface area contributed by atoms with Crippen molar-refractivity contribution in [1.82, 2.24) is 0 Å². The second-order valence-corrected chi connectivity index (χ2v) is 6.88. The Morgan fingerprint density at radius 1 is 1.20 bits per heavy atom. The van der Waals surface area contributed by atoms with Gasteiger partial charge in [-0.1, -0.05) is 42.3 Å². The molecule has 0 aromatic heterocycles. The molecule has 1 unspecified atom stereocenters. The van der Waals surface area contributed by atoms with E-state index >= 15 is 0 Å². The van der Waals surface area contributed by atoms with Crippen molar-refractivity contribution < 1.29 is 9.59 Å². The van der Waals surface area contributed by atoms with Gasteiger partial charge in [0.2, 0.25) is 11.8 Å². The van der Waals surface area contributed by atoms with Crippen LogP contribution in [0.25, 0.3) is 0 Å². The second-order valence-electron chi connectivity index (χ2n) is 6.04. The molecule has 2 amide bonds. The molecule has 0 spiro atoms. The number of hydrogen-bond donors (Lipinski definition) is 1. The number of carbonyl (C=O) groups is 2. The van der Waals surface area contributed by atoms with E-state index in [-0.39, 0.29) is 24.8 Å². The Bertz CT molecular complexity index is 806. The molecule has 2 aromatic carbocycles. The van der Waals surface area contributed by atoms with Gasteiger partial charge in [-0.25, -0.2) is 0 Å². The molecule has 1 aliphatic rings. The van der Waals surface area contributed by atoms with Crippen LogP contribution in [0.3, 0.4) is 0 Å². The second kappa shape index (κ2) is 7.46. The third-order valence-electron chi connectivity index (χ3n) is 4.32. The van der Waals surface area contributed by atoms with Crippen molar-refractivity contribution in [2.75, 3.05) is 16.8 Å². The third-order valence-corrected chi connectivity index (χ3v) is 4.88. The summed E-state index contributed by atoms with van der Waals surface area (Å²) in [6.07, 6.45) is 1.10. The standard InChI is InChI=1S/C19H18Cl2N2O2/c1-2-12-3-6-15(7-4-12)22-19(25)13-9-18(24)23(11-13)17-10-14(20)5-8-16(17)21/h3-8,10,13H,2,9,11H2,1H3,(H,22,25). The van der Waals surface area contributed by atoms with Crippen LogP contribution in [0.1, 0.15) is 18.9 Å². The first-order valence-electron chi connectivity index (χ1n) is 8.13. The average Bonchev–Trinajstić information content (AvgIpc) is 2.99. The lowest BCUT2D eigenvalue weighted by molar-refractivity contribution is -0.122. The molecule has 130 valence electrons. The summed E-state index contributed by atoms with van der Waals surface area (Å²) in [4.78, 5) is 26.4. The first-order chi connectivity index (χ1) is 12.0. The van der Waals surface area contributed by atoms with E-state index in [1.807, 2.05) is 24.3 Å². The topological polar surface area (TPSA) is 49.4 Å². The maximum atomic E-state index is 12.5. The molecular weight excluding hydrogens is 359 g/mol. The summed E-state index contributed by atoms with van der Waals surface area (Å²) in [7, 11) is 0. The Kier molecular flexibility index (Phi) is 5.30. The highest BCUT2D eigenvalue weighted by atomic mass is 35.5. The Labute approximate surface area is 156 Å². The number of amides is 2. The molecule has 1 heterocycles. The van der Waals surface area contributed by atoms with Gasteiger partial charge in [-0.05, 0) is 42.3 Å². The maximum absolute atomic E-state index is 12.5. The number of carbonyl (C=O) groups excluding carboxylic acids is 2. The Hall–Kier alpha value is -2.04. The molecule has 25 heavy (non-hydrogen) atoms. The zero-order chi connectivity index (χ0) is 18.0. The van der Waals surface area contributed by atoms with E-state index in [2.05, 4.69) is 12.2 Å². The van der Waals surface area contributed by atoms with Crippen molar-refractivity contribution in [2.45, 2.75) is 19.8 Å². The molecule has 6 heteroatoms. The van der Waals surface area contributed by atoms with Crippen LogP contribution in [0.15, 0.2) is 42.5 Å². The largest absolute Gasteiger partial charge is 0.326 e. The molecular formula is C19H18Cl2N2O2. The third kappa shape index (κ3) is 3.97. The Morgan fingerprint density at radius 2 is 1.92 bits per heavy atom. The summed E-state index contributed by atoms with van der Waals surface area (Å²) in [6, 6.07) is 12.7. The minimum atomic E-state index is -0.423. The number of anilines is 2. The molecule has 2 aromatic rings. The lowest BCUT2D eigenvalue weighted by Gasteiger charge is -2.18. The van der Waals surface area contributed by atoms with E-state index in [0.717, 1.165) is 12.1 Å². The van der Waals surface area contributed by atoms with Gasteiger partial charge in [0.05, 0.1) is 16.6 Å². The van der Waals surface area contributed by atoms with Crippen LogP contribution in [0.2, 0.25) is 10.0 Å². The zero-order valence-corrected chi connectivity index (χ0v) is 15.3. The molecule has 4 nitrogen and oxygen atoms in total. The van der Waals surface area contributed by atoms with Gasteiger partial charge in [-0.15, -0.1) is 0 Å². The smallest absolute Gasteiger partial charge is 0.229 e. The Balaban J connectivity index is 1.71. The minimum absolute atomic E-state index is 0.134. The van der Waals surface area contributed by atoms with Gasteiger partial charge in [-0.3, -0.25) is 9.59 Å². The quantitative estimate of drug-likeness (QED) is 0.850. The molecule has 1 N–H and O–H groups in total. The molecule has 1 fully saturated rings. The van der Waals surface area contributed by atoms with Crippen molar-refractivity contribution in [2.24, 2.45) is 5.92 Å². The van der Waals surface area contributed by atoms with Gasteiger partial charge in [0.1, 0.15) is 0 Å². The summed E-state index contributed by atoms with van der Waals surface area (Å²) in [5.74, 6) is -0.725. The highest BCUT2D eigenvalue weighted by molar-refractivity contribution is 6.36. The summed E-state index contributed by atoms with van der Waals surface area (Å²) in [5, 5.41) is 3.81. The first kappa shape index (κ1) is 17.8. The van der Waals surface area contributed by atoms with E-state index in [1.54, 1.807) is 18.2 Å². The van der Waals surface area contributed by atoms with Crippen LogP contribution in [0.4, 0.5) is 11.4 Å². The molecule has 3 rings (SSSR count). The van der Waals surface area contributed by atoms with Crippen LogP contribution in [0.5, 0.6) is 0 Å². The molecule has 1 atom stereocenters. The average molecular weight is 377 g/mol. The number of nitrogens with zero attached hydrogens (tertiary/aromatic N) is 1. The van der Waals surface area contributed by atoms with Gasteiger partial charge in [-0.2, -0.15) is 0 Å². The minimum Gasteiger partial charge on any atom is -0.326 e. The molecule has 0 bridgehead atoms. The molecule has 0 saturated carbocycles. The lowest BCUT2D eigenvalue weighted by atomic mass is 10.1. The van der Waals surface area contributed by atoms with E-state index in [9.17, 15) is 9.59 Å². The molecule has 1 aliphatic heterocycles. The van der Waals surface area contributed by atoms with Gasteiger partial charge in [0.25, 0.3) is 0 Å². The fourth-order valence-corrected chi connectivity index (χ4v) is 3.26. The zero-order valence-electron chi connectivity index (χ0n) is 13.8. The van der Waals surface area contributed by atoms with Crippen LogP contribution in [-0.4, -0.2) is 18.4 Å². The van der Waals surface area contributed by atoms with E-state index < -0.39 is 5.92 Å². The van der Waals surface area contributed by atoms with Crippen molar-refractivity contribution in [3.8, 4) is 0 Å². The summed E-state index contributed by atoms with van der Waals surface area (Å²) in [6.45, 7) is 2.37. The monoisotopic (exact) mass is 376 g/mol. The predicted octanol–water partition coefficient (Wildman–Crippen LogP) is 4.55. The number of hydrogen-bond acceptors (Lipinski definition) is 2. The predicted molar refractivity (Wildman–Crippen MR) is 101 cm³/mol. The lowest BCUT2D eigenvalue weighted by Crippen LogP contribution is -2.28. The van der Waals surface area contributed by atoms with E-state index in [4.69, 9.17) is 23.2 Å². The first-order valence-corrected chi connectivity index (χ1v) is 8.88. The van der Waals surface area contributed by atoms with Crippen molar-refractivity contribution in [3.63, 3.8) is 0 Å². The van der Waals surface area contributed by atoms with Crippen LogP contribution >= 0.6 is 23.2 Å². The summed E-state index contributed by atoms with van der Waals surface area (Å²) in [5.41, 5.74) is 2.48. The van der Waals surface area contributed by atoms with Crippen molar-refractivity contribution >= 4 is 46.4 Å². The molecule has 1 saturated heterocycles. The number of aryl methyl sites for hydroxylation is 1. The van der Waals surface area contributed by atoms with Crippen LogP contribution < -0.4 is 10.2 Å². The number of benzene rings is 2. The van der Waals surface area contributed by atoms with E-state index in [0.29, 0.717) is 15.7 Å².